The van der Waals surface area contributed by atoms with E-state index < -0.39 is 0 Å². The number of amides is 1. The van der Waals surface area contributed by atoms with Gasteiger partial charge < -0.3 is 5.32 Å². The van der Waals surface area contributed by atoms with Crippen molar-refractivity contribution in [3.8, 4) is 5.69 Å². The third-order valence-electron chi connectivity index (χ3n) is 3.18. The highest BCUT2D eigenvalue weighted by Gasteiger charge is 2.10. The van der Waals surface area contributed by atoms with Gasteiger partial charge in [-0.1, -0.05) is 39.7 Å². The van der Waals surface area contributed by atoms with E-state index >= 15 is 0 Å². The Morgan fingerprint density at radius 2 is 2.00 bits per heavy atom. The number of carbonyl (C=O) groups is 1. The molecular formula is C16H12BrClN4O. The van der Waals surface area contributed by atoms with E-state index in [-0.39, 0.29) is 12.3 Å². The average molecular weight is 392 g/mol. The Hall–Kier alpha value is -2.18. The minimum Gasteiger partial charge on any atom is -0.324 e. The minimum atomic E-state index is -0.129. The van der Waals surface area contributed by atoms with E-state index in [1.807, 2.05) is 24.3 Å². The maximum atomic E-state index is 12.3. The molecule has 0 saturated heterocycles. The summed E-state index contributed by atoms with van der Waals surface area (Å²) in [7, 11) is 0. The van der Waals surface area contributed by atoms with E-state index in [0.29, 0.717) is 16.4 Å². The number of hydrogen-bond donors (Lipinski definition) is 1. The molecule has 1 heterocycles. The second-order valence-electron chi connectivity index (χ2n) is 4.85. The van der Waals surface area contributed by atoms with Crippen molar-refractivity contribution in [1.82, 2.24) is 14.8 Å². The number of nitrogens with zero attached hydrogens (tertiary/aromatic N) is 3. The maximum Gasteiger partial charge on any atom is 0.228 e. The molecule has 3 aromatic rings. The highest BCUT2D eigenvalue weighted by molar-refractivity contribution is 9.10. The van der Waals surface area contributed by atoms with Gasteiger partial charge in [0.1, 0.15) is 12.7 Å². The fourth-order valence-corrected chi connectivity index (χ4v) is 2.56. The first-order chi connectivity index (χ1) is 11.1. The van der Waals surface area contributed by atoms with Gasteiger partial charge in [0.2, 0.25) is 5.91 Å². The van der Waals surface area contributed by atoms with Crippen LogP contribution in [0.2, 0.25) is 5.02 Å². The predicted molar refractivity (Wildman–Crippen MR) is 92.8 cm³/mol. The van der Waals surface area contributed by atoms with Gasteiger partial charge in [0.15, 0.2) is 0 Å². The van der Waals surface area contributed by atoms with Crippen LogP contribution in [0.3, 0.4) is 0 Å². The first kappa shape index (κ1) is 15.7. The highest BCUT2D eigenvalue weighted by atomic mass is 79.9. The van der Waals surface area contributed by atoms with Gasteiger partial charge in [0, 0.05) is 9.50 Å². The predicted octanol–water partition coefficient (Wildman–Crippen LogP) is 3.86. The lowest BCUT2D eigenvalue weighted by atomic mass is 10.1. The van der Waals surface area contributed by atoms with Crippen LogP contribution < -0.4 is 5.32 Å². The summed E-state index contributed by atoms with van der Waals surface area (Å²) < 4.78 is 2.55. The van der Waals surface area contributed by atoms with E-state index in [2.05, 4.69) is 31.3 Å². The lowest BCUT2D eigenvalue weighted by molar-refractivity contribution is -0.115. The molecule has 7 heteroatoms. The first-order valence-corrected chi connectivity index (χ1v) is 7.98. The lowest BCUT2D eigenvalue weighted by Gasteiger charge is -2.11. The van der Waals surface area contributed by atoms with Crippen molar-refractivity contribution in [2.45, 2.75) is 6.42 Å². The van der Waals surface area contributed by atoms with Crippen LogP contribution in [0.25, 0.3) is 5.69 Å². The zero-order valence-electron chi connectivity index (χ0n) is 11.9. The molecule has 0 spiro atoms. The third-order valence-corrected chi connectivity index (χ3v) is 3.94. The summed E-state index contributed by atoms with van der Waals surface area (Å²) in [5, 5.41) is 7.50. The Balaban J connectivity index is 1.80. The molecule has 5 nitrogen and oxygen atoms in total. The standard InChI is InChI=1S/C16H12BrClN4O/c17-12-3-1-11(2-4-12)7-16(23)21-14-8-13(18)5-6-15(14)22-10-19-9-20-22/h1-6,8-10H,7H2,(H,21,23). The van der Waals surface area contributed by atoms with Crippen LogP contribution in [0.15, 0.2) is 59.6 Å². The van der Waals surface area contributed by atoms with Gasteiger partial charge in [-0.15, -0.1) is 0 Å². The normalized spacial score (nSPS) is 10.5. The SMILES string of the molecule is O=C(Cc1ccc(Br)cc1)Nc1cc(Cl)ccc1-n1cncn1. The van der Waals surface area contributed by atoms with E-state index in [0.717, 1.165) is 10.0 Å². The molecule has 0 aliphatic carbocycles. The molecule has 0 fully saturated rings. The summed E-state index contributed by atoms with van der Waals surface area (Å²) in [6.07, 6.45) is 3.27. The van der Waals surface area contributed by atoms with Crippen LogP contribution in [0, 0.1) is 0 Å². The number of aromatic nitrogens is 3. The van der Waals surface area contributed by atoms with Crippen LogP contribution in [-0.2, 0) is 11.2 Å². The van der Waals surface area contributed by atoms with Gasteiger partial charge in [-0.3, -0.25) is 4.79 Å². The molecule has 1 amide bonds. The van der Waals surface area contributed by atoms with Gasteiger partial charge in [-0.05, 0) is 35.9 Å². The minimum absolute atomic E-state index is 0.129. The van der Waals surface area contributed by atoms with Crippen LogP contribution in [-0.4, -0.2) is 20.7 Å². The third kappa shape index (κ3) is 3.97. The smallest absolute Gasteiger partial charge is 0.228 e. The topological polar surface area (TPSA) is 59.8 Å². The Labute approximate surface area is 146 Å². The number of nitrogens with one attached hydrogen (secondary N) is 1. The fraction of sp³-hybridized carbons (Fsp3) is 0.0625. The van der Waals surface area contributed by atoms with E-state index in [9.17, 15) is 4.79 Å². The molecule has 2 aromatic carbocycles. The number of hydrogen-bond acceptors (Lipinski definition) is 3. The van der Waals surface area contributed by atoms with Crippen molar-refractivity contribution in [1.29, 1.82) is 0 Å². The van der Waals surface area contributed by atoms with Gasteiger partial charge in [-0.25, -0.2) is 9.67 Å². The molecule has 0 aliphatic heterocycles. The summed E-state index contributed by atoms with van der Waals surface area (Å²) in [6.45, 7) is 0. The monoisotopic (exact) mass is 390 g/mol. The first-order valence-electron chi connectivity index (χ1n) is 6.80. The molecule has 23 heavy (non-hydrogen) atoms. The molecule has 1 aromatic heterocycles. The Bertz CT molecular complexity index is 819. The molecule has 0 bridgehead atoms. The molecule has 0 aliphatic rings. The van der Waals surface area contributed by atoms with Gasteiger partial charge >= 0.3 is 0 Å². The number of carbonyl (C=O) groups excluding carboxylic acids is 1. The number of anilines is 1. The molecule has 3 rings (SSSR count). The zero-order valence-corrected chi connectivity index (χ0v) is 14.3. The Kier molecular flexibility index (Phi) is 4.73. The molecule has 0 radical (unpaired) electrons. The number of rotatable bonds is 4. The average Bonchev–Trinajstić information content (AvgIpc) is 3.04. The van der Waals surface area contributed by atoms with Crippen molar-refractivity contribution in [2.24, 2.45) is 0 Å². The summed E-state index contributed by atoms with van der Waals surface area (Å²) in [5.41, 5.74) is 2.22. The zero-order chi connectivity index (χ0) is 16.2. The van der Waals surface area contributed by atoms with Crippen LogP contribution in [0.5, 0.6) is 0 Å². The Morgan fingerprint density at radius 1 is 1.22 bits per heavy atom. The molecular weight excluding hydrogens is 380 g/mol. The van der Waals surface area contributed by atoms with Crippen molar-refractivity contribution in [3.05, 3.63) is 70.2 Å². The molecule has 0 saturated carbocycles. The van der Waals surface area contributed by atoms with Crippen molar-refractivity contribution < 1.29 is 4.79 Å². The van der Waals surface area contributed by atoms with Gasteiger partial charge in [-0.2, -0.15) is 5.10 Å². The van der Waals surface area contributed by atoms with E-state index in [1.54, 1.807) is 29.2 Å². The number of benzene rings is 2. The van der Waals surface area contributed by atoms with Crippen molar-refractivity contribution in [2.75, 3.05) is 5.32 Å². The van der Waals surface area contributed by atoms with E-state index in [1.165, 1.54) is 6.33 Å². The second kappa shape index (κ2) is 6.93. The largest absolute Gasteiger partial charge is 0.324 e. The van der Waals surface area contributed by atoms with Crippen LogP contribution in [0.1, 0.15) is 5.56 Å². The lowest BCUT2D eigenvalue weighted by Crippen LogP contribution is -2.16. The van der Waals surface area contributed by atoms with Crippen molar-refractivity contribution >= 4 is 39.1 Å². The molecule has 1 N–H and O–H groups in total. The molecule has 0 unspecified atom stereocenters. The van der Waals surface area contributed by atoms with Crippen LogP contribution >= 0.6 is 27.5 Å². The molecule has 0 atom stereocenters. The fourth-order valence-electron chi connectivity index (χ4n) is 2.12. The molecule has 116 valence electrons. The Morgan fingerprint density at radius 3 is 2.70 bits per heavy atom. The maximum absolute atomic E-state index is 12.3. The second-order valence-corrected chi connectivity index (χ2v) is 6.21. The summed E-state index contributed by atoms with van der Waals surface area (Å²) in [5.74, 6) is -0.129. The van der Waals surface area contributed by atoms with Gasteiger partial charge in [0.25, 0.3) is 0 Å². The van der Waals surface area contributed by atoms with Crippen LogP contribution in [0.4, 0.5) is 5.69 Å². The van der Waals surface area contributed by atoms with Crippen molar-refractivity contribution in [3.63, 3.8) is 0 Å². The quantitative estimate of drug-likeness (QED) is 0.734. The summed E-state index contributed by atoms with van der Waals surface area (Å²) in [6, 6.07) is 12.8. The van der Waals surface area contributed by atoms with E-state index in [4.69, 9.17) is 11.6 Å². The highest BCUT2D eigenvalue weighted by Crippen LogP contribution is 2.24. The number of halogens is 2. The summed E-state index contributed by atoms with van der Waals surface area (Å²) >= 11 is 9.41. The summed E-state index contributed by atoms with van der Waals surface area (Å²) in [4.78, 5) is 16.2. The van der Waals surface area contributed by atoms with Gasteiger partial charge in [0.05, 0.1) is 17.8 Å².